The minimum absolute atomic E-state index is 0.605. The summed E-state index contributed by atoms with van der Waals surface area (Å²) < 4.78 is 3.14. The van der Waals surface area contributed by atoms with Gasteiger partial charge in [-0.05, 0) is 24.3 Å². The van der Waals surface area contributed by atoms with Crippen LogP contribution in [0.2, 0.25) is 0 Å². The van der Waals surface area contributed by atoms with Gasteiger partial charge in [-0.25, -0.2) is 9.97 Å². The molecular weight excluding hydrogens is 326 g/mol. The summed E-state index contributed by atoms with van der Waals surface area (Å²) in [5, 5.41) is 16.0. The third-order valence-corrected chi connectivity index (χ3v) is 3.74. The molecule has 3 aromatic heterocycles. The van der Waals surface area contributed by atoms with Crippen LogP contribution in [0.15, 0.2) is 55.2 Å². The highest BCUT2D eigenvalue weighted by Crippen LogP contribution is 2.25. The van der Waals surface area contributed by atoms with Gasteiger partial charge in [0.15, 0.2) is 11.5 Å². The van der Waals surface area contributed by atoms with Gasteiger partial charge in [0, 0.05) is 35.4 Å². The molecular formula is C16H10ClN7. The van der Waals surface area contributed by atoms with Crippen molar-refractivity contribution in [2.45, 2.75) is 0 Å². The predicted molar refractivity (Wildman–Crippen MR) is 89.9 cm³/mol. The van der Waals surface area contributed by atoms with E-state index in [-0.39, 0.29) is 0 Å². The van der Waals surface area contributed by atoms with Gasteiger partial charge in [0.2, 0.25) is 0 Å². The maximum atomic E-state index is 8.86. The summed E-state index contributed by atoms with van der Waals surface area (Å²) in [7, 11) is 0. The molecule has 1 aromatic carbocycles. The molecule has 0 radical (unpaired) electrons. The molecule has 0 aliphatic heterocycles. The van der Waals surface area contributed by atoms with Crippen LogP contribution in [0.4, 0.5) is 11.5 Å². The zero-order chi connectivity index (χ0) is 16.5. The van der Waals surface area contributed by atoms with E-state index in [0.29, 0.717) is 17.0 Å². The Balaban J connectivity index is 1.74. The summed E-state index contributed by atoms with van der Waals surface area (Å²) in [6, 6.07) is 9.23. The Kier molecular flexibility index (Phi) is 3.37. The number of rotatable bonds is 3. The smallest absolute Gasteiger partial charge is 0.180 e. The van der Waals surface area contributed by atoms with E-state index in [4.69, 9.17) is 17.0 Å². The molecule has 24 heavy (non-hydrogen) atoms. The third kappa shape index (κ3) is 2.45. The molecule has 0 aliphatic carbocycles. The molecule has 0 bridgehead atoms. The van der Waals surface area contributed by atoms with Crippen LogP contribution in [0.25, 0.3) is 16.9 Å². The SMILES string of the molecule is N#Cc1ccc(Nc2nccn3c(-c4cnn(Cl)c4)cnc23)cc1. The van der Waals surface area contributed by atoms with Crippen molar-refractivity contribution in [3.05, 3.63) is 60.8 Å². The zero-order valence-electron chi connectivity index (χ0n) is 12.3. The Hall–Kier alpha value is -3.37. The number of benzene rings is 1. The van der Waals surface area contributed by atoms with Crippen LogP contribution in [-0.2, 0) is 0 Å². The second kappa shape index (κ2) is 5.68. The lowest BCUT2D eigenvalue weighted by Gasteiger charge is -2.07. The van der Waals surface area contributed by atoms with E-state index in [9.17, 15) is 0 Å². The summed E-state index contributed by atoms with van der Waals surface area (Å²) in [6.07, 6.45) is 8.64. The van der Waals surface area contributed by atoms with E-state index in [1.807, 2.05) is 22.7 Å². The van der Waals surface area contributed by atoms with Gasteiger partial charge in [-0.15, -0.1) is 0 Å². The molecule has 0 unspecified atom stereocenters. The van der Waals surface area contributed by atoms with Crippen LogP contribution in [0, 0.1) is 11.3 Å². The molecule has 0 saturated carbocycles. The zero-order valence-corrected chi connectivity index (χ0v) is 13.0. The number of hydrogen-bond donors (Lipinski definition) is 1. The van der Waals surface area contributed by atoms with E-state index in [0.717, 1.165) is 16.9 Å². The monoisotopic (exact) mass is 335 g/mol. The van der Waals surface area contributed by atoms with Crippen LogP contribution in [0.1, 0.15) is 5.56 Å². The lowest BCUT2D eigenvalue weighted by atomic mass is 10.2. The maximum absolute atomic E-state index is 8.86. The number of nitrogens with one attached hydrogen (secondary N) is 1. The summed E-state index contributed by atoms with van der Waals surface area (Å²) in [4.78, 5) is 8.79. The van der Waals surface area contributed by atoms with E-state index >= 15 is 0 Å². The lowest BCUT2D eigenvalue weighted by molar-refractivity contribution is 0.994. The third-order valence-electron chi connectivity index (χ3n) is 3.55. The fraction of sp³-hybridized carbons (Fsp3) is 0. The van der Waals surface area contributed by atoms with Crippen molar-refractivity contribution in [2.75, 3.05) is 5.32 Å². The molecule has 4 aromatic rings. The van der Waals surface area contributed by atoms with Gasteiger partial charge in [-0.1, -0.05) is 0 Å². The highest BCUT2D eigenvalue weighted by molar-refractivity contribution is 6.14. The summed E-state index contributed by atoms with van der Waals surface area (Å²) in [6.45, 7) is 0. The fourth-order valence-corrected chi connectivity index (χ4v) is 2.57. The normalized spacial score (nSPS) is 10.7. The maximum Gasteiger partial charge on any atom is 0.180 e. The van der Waals surface area contributed by atoms with Gasteiger partial charge in [-0.2, -0.15) is 14.6 Å². The number of hydrogen-bond acceptors (Lipinski definition) is 5. The van der Waals surface area contributed by atoms with Gasteiger partial charge in [0.05, 0.1) is 35.9 Å². The number of nitrogens with zero attached hydrogens (tertiary/aromatic N) is 6. The summed E-state index contributed by atoms with van der Waals surface area (Å²) >= 11 is 5.82. The number of fused-ring (bicyclic) bond motifs is 1. The first-order chi connectivity index (χ1) is 11.7. The second-order valence-electron chi connectivity index (χ2n) is 5.04. The molecule has 0 fully saturated rings. The molecule has 8 heteroatoms. The van der Waals surface area contributed by atoms with Crippen molar-refractivity contribution in [3.63, 3.8) is 0 Å². The van der Waals surface area contributed by atoms with Crippen molar-refractivity contribution in [1.82, 2.24) is 23.7 Å². The van der Waals surface area contributed by atoms with E-state index < -0.39 is 0 Å². The average molecular weight is 336 g/mol. The number of halogens is 1. The van der Waals surface area contributed by atoms with Crippen LogP contribution < -0.4 is 5.32 Å². The molecule has 1 N–H and O–H groups in total. The largest absolute Gasteiger partial charge is 0.337 e. The Morgan fingerprint density at radius 1 is 1.12 bits per heavy atom. The van der Waals surface area contributed by atoms with Crippen LogP contribution in [-0.4, -0.2) is 23.7 Å². The predicted octanol–water partition coefficient (Wildman–Crippen LogP) is 3.21. The van der Waals surface area contributed by atoms with Gasteiger partial charge in [-0.3, -0.25) is 4.40 Å². The first-order valence-electron chi connectivity index (χ1n) is 7.05. The minimum atomic E-state index is 0.605. The quantitative estimate of drug-likeness (QED) is 0.621. The average Bonchev–Trinajstić information content (AvgIpc) is 3.22. The highest BCUT2D eigenvalue weighted by Gasteiger charge is 2.12. The second-order valence-corrected chi connectivity index (χ2v) is 5.39. The summed E-state index contributed by atoms with van der Waals surface area (Å²) in [5.41, 5.74) is 3.83. The van der Waals surface area contributed by atoms with Crippen molar-refractivity contribution in [3.8, 4) is 17.3 Å². The van der Waals surface area contributed by atoms with E-state index in [2.05, 4.69) is 26.5 Å². The molecule has 116 valence electrons. The molecule has 0 spiro atoms. The van der Waals surface area contributed by atoms with Crippen molar-refractivity contribution in [2.24, 2.45) is 0 Å². The number of imidazole rings is 1. The molecule has 4 rings (SSSR count). The molecule has 0 amide bonds. The van der Waals surface area contributed by atoms with Crippen LogP contribution in [0.5, 0.6) is 0 Å². The van der Waals surface area contributed by atoms with Crippen LogP contribution in [0.3, 0.4) is 0 Å². The van der Waals surface area contributed by atoms with E-state index in [1.54, 1.807) is 36.9 Å². The molecule has 0 saturated heterocycles. The minimum Gasteiger partial charge on any atom is -0.337 e. The first-order valence-corrected chi connectivity index (χ1v) is 7.39. The van der Waals surface area contributed by atoms with Gasteiger partial charge < -0.3 is 5.32 Å². The number of aromatic nitrogens is 5. The number of anilines is 2. The fourth-order valence-electron chi connectivity index (χ4n) is 2.42. The van der Waals surface area contributed by atoms with E-state index in [1.165, 1.54) is 4.20 Å². The van der Waals surface area contributed by atoms with Gasteiger partial charge >= 0.3 is 0 Å². The topological polar surface area (TPSA) is 83.8 Å². The number of nitriles is 1. The van der Waals surface area contributed by atoms with Gasteiger partial charge in [0.1, 0.15) is 0 Å². The molecule has 0 atom stereocenters. The Morgan fingerprint density at radius 2 is 1.96 bits per heavy atom. The van der Waals surface area contributed by atoms with Crippen LogP contribution >= 0.6 is 11.8 Å². The molecule has 3 heterocycles. The van der Waals surface area contributed by atoms with Crippen molar-refractivity contribution < 1.29 is 0 Å². The Labute approximate surface area is 141 Å². The highest BCUT2D eigenvalue weighted by atomic mass is 35.5. The van der Waals surface area contributed by atoms with Crippen molar-refractivity contribution in [1.29, 1.82) is 5.26 Å². The molecule has 0 aliphatic rings. The Bertz CT molecular complexity index is 1060. The van der Waals surface area contributed by atoms with Gasteiger partial charge in [0.25, 0.3) is 0 Å². The van der Waals surface area contributed by atoms with Crippen molar-refractivity contribution >= 4 is 28.9 Å². The first kappa shape index (κ1) is 14.2. The summed E-state index contributed by atoms with van der Waals surface area (Å²) in [5.74, 6) is 0.617. The standard InChI is InChI=1S/C16H10ClN7/c17-24-10-12(8-21-24)14-9-20-16-15(19-5-6-23(14)16)22-13-3-1-11(7-18)2-4-13/h1-6,8-10H,(H,19,22). The molecule has 7 nitrogen and oxygen atoms in total. The Morgan fingerprint density at radius 3 is 2.67 bits per heavy atom. The lowest BCUT2D eigenvalue weighted by Crippen LogP contribution is -1.98.